The van der Waals surface area contributed by atoms with Crippen molar-refractivity contribution in [3.63, 3.8) is 0 Å². The van der Waals surface area contributed by atoms with Crippen LogP contribution in [0.5, 0.6) is 5.75 Å². The van der Waals surface area contributed by atoms with Crippen molar-refractivity contribution in [3.05, 3.63) is 66.4 Å². The maximum Gasteiger partial charge on any atom is 0.149 e. The zero-order valence-electron chi connectivity index (χ0n) is 14.4. The number of benzene rings is 2. The van der Waals surface area contributed by atoms with Gasteiger partial charge < -0.3 is 16.2 Å². The molecule has 4 aromatic rings. The number of pyridine rings is 1. The molecule has 0 fully saturated rings. The first-order chi connectivity index (χ1) is 12.7. The smallest absolute Gasteiger partial charge is 0.149 e. The second kappa shape index (κ2) is 6.50. The van der Waals surface area contributed by atoms with Crippen LogP contribution in [0, 0.1) is 0 Å². The lowest BCUT2D eigenvalue weighted by molar-refractivity contribution is 0.415. The molecule has 0 unspecified atom stereocenters. The lowest BCUT2D eigenvalue weighted by Gasteiger charge is -2.11. The molecule has 2 heterocycles. The van der Waals surface area contributed by atoms with E-state index in [1.54, 1.807) is 13.3 Å². The van der Waals surface area contributed by atoms with E-state index in [4.69, 9.17) is 21.2 Å². The van der Waals surface area contributed by atoms with Crippen LogP contribution in [-0.2, 0) is 6.54 Å². The zero-order valence-corrected chi connectivity index (χ0v) is 14.4. The topological polar surface area (TPSA) is 92.0 Å². The van der Waals surface area contributed by atoms with Crippen LogP contribution in [-0.4, -0.2) is 21.6 Å². The number of nitrogen functional groups attached to an aromatic ring is 1. The summed E-state index contributed by atoms with van der Waals surface area (Å²) in [5, 5.41) is 0. The maximum atomic E-state index is 6.12. The number of fused-ring (bicyclic) bond motifs is 1. The third-order valence-electron chi connectivity index (χ3n) is 4.37. The van der Waals surface area contributed by atoms with Crippen LogP contribution in [0.2, 0.25) is 0 Å². The Balaban J connectivity index is 2.03. The van der Waals surface area contributed by atoms with E-state index < -0.39 is 0 Å². The van der Waals surface area contributed by atoms with Crippen molar-refractivity contribution in [2.24, 2.45) is 5.73 Å². The fourth-order valence-corrected chi connectivity index (χ4v) is 3.01. The summed E-state index contributed by atoms with van der Waals surface area (Å²) in [6.07, 6.45) is 1.67. The number of rotatable bonds is 4. The molecule has 2 aromatic heterocycles. The van der Waals surface area contributed by atoms with E-state index in [9.17, 15) is 0 Å². The van der Waals surface area contributed by atoms with Crippen molar-refractivity contribution in [2.75, 3.05) is 12.8 Å². The average Bonchev–Trinajstić information content (AvgIpc) is 3.06. The van der Waals surface area contributed by atoms with Crippen LogP contribution >= 0.6 is 0 Å². The van der Waals surface area contributed by atoms with E-state index in [1.807, 2.05) is 54.6 Å². The van der Waals surface area contributed by atoms with Crippen molar-refractivity contribution in [3.8, 4) is 22.8 Å². The van der Waals surface area contributed by atoms with E-state index in [2.05, 4.69) is 9.55 Å². The van der Waals surface area contributed by atoms with Gasteiger partial charge in [0, 0.05) is 24.5 Å². The number of aromatic nitrogens is 3. The molecule has 2 aromatic carbocycles. The van der Waals surface area contributed by atoms with Gasteiger partial charge in [-0.15, -0.1) is 0 Å². The number of anilines is 1. The molecule has 0 saturated carbocycles. The van der Waals surface area contributed by atoms with Gasteiger partial charge in [-0.25, -0.2) is 9.97 Å². The standard InChI is InChI=1S/C20H19N5O/c1-26-15-8-9-17-18(11-15)25(14-6-4-13(12-21)5-7-14)20(24-17)16-3-2-10-23-19(16)22/h2-11H,12,21H2,1H3,(H2,22,23). The van der Waals surface area contributed by atoms with Gasteiger partial charge in [-0.1, -0.05) is 12.1 Å². The Hall–Kier alpha value is -3.38. The van der Waals surface area contributed by atoms with E-state index in [0.29, 0.717) is 12.4 Å². The number of nitrogens with two attached hydrogens (primary N) is 2. The monoisotopic (exact) mass is 345 g/mol. The molecule has 130 valence electrons. The van der Waals surface area contributed by atoms with Crippen molar-refractivity contribution in [2.45, 2.75) is 6.54 Å². The molecule has 0 bridgehead atoms. The van der Waals surface area contributed by atoms with Crippen molar-refractivity contribution in [1.29, 1.82) is 0 Å². The Bertz CT molecular complexity index is 1070. The second-order valence-corrected chi connectivity index (χ2v) is 5.93. The summed E-state index contributed by atoms with van der Waals surface area (Å²) in [5.74, 6) is 1.94. The molecule has 0 saturated heterocycles. The summed E-state index contributed by atoms with van der Waals surface area (Å²) < 4.78 is 7.45. The molecule has 4 rings (SSSR count). The Morgan fingerprint density at radius 1 is 1.08 bits per heavy atom. The molecular formula is C20H19N5O. The van der Waals surface area contributed by atoms with E-state index in [0.717, 1.165) is 39.4 Å². The molecule has 6 heteroatoms. The fraction of sp³-hybridized carbons (Fsp3) is 0.100. The number of methoxy groups -OCH3 is 1. The van der Waals surface area contributed by atoms with Crippen LogP contribution in [0.1, 0.15) is 5.56 Å². The lowest BCUT2D eigenvalue weighted by atomic mass is 10.2. The second-order valence-electron chi connectivity index (χ2n) is 5.93. The third kappa shape index (κ3) is 2.66. The van der Waals surface area contributed by atoms with Gasteiger partial charge in [0.25, 0.3) is 0 Å². The maximum absolute atomic E-state index is 6.12. The van der Waals surface area contributed by atoms with Gasteiger partial charge in [0.1, 0.15) is 17.4 Å². The average molecular weight is 345 g/mol. The number of hydrogen-bond donors (Lipinski definition) is 2. The van der Waals surface area contributed by atoms with Crippen LogP contribution in [0.4, 0.5) is 5.82 Å². The van der Waals surface area contributed by atoms with Crippen LogP contribution in [0.3, 0.4) is 0 Å². The molecular weight excluding hydrogens is 326 g/mol. The first-order valence-electron chi connectivity index (χ1n) is 8.28. The Labute approximate surface area is 151 Å². The predicted octanol–water partition coefficient (Wildman–Crippen LogP) is 3.14. The summed E-state index contributed by atoms with van der Waals surface area (Å²) >= 11 is 0. The molecule has 0 radical (unpaired) electrons. The minimum absolute atomic E-state index is 0.439. The summed E-state index contributed by atoms with van der Waals surface area (Å²) in [4.78, 5) is 9.01. The highest BCUT2D eigenvalue weighted by Gasteiger charge is 2.17. The van der Waals surface area contributed by atoms with Gasteiger partial charge in [-0.2, -0.15) is 0 Å². The Morgan fingerprint density at radius 2 is 1.88 bits per heavy atom. The van der Waals surface area contributed by atoms with Crippen molar-refractivity contribution >= 4 is 16.9 Å². The highest BCUT2D eigenvalue weighted by Crippen LogP contribution is 2.32. The molecule has 0 atom stereocenters. The predicted molar refractivity (Wildman–Crippen MR) is 103 cm³/mol. The minimum atomic E-state index is 0.439. The highest BCUT2D eigenvalue weighted by atomic mass is 16.5. The van der Waals surface area contributed by atoms with Gasteiger partial charge in [0.2, 0.25) is 0 Å². The number of imidazole rings is 1. The van der Waals surface area contributed by atoms with Crippen LogP contribution in [0.25, 0.3) is 28.1 Å². The number of nitrogens with zero attached hydrogens (tertiary/aromatic N) is 3. The van der Waals surface area contributed by atoms with E-state index >= 15 is 0 Å². The number of hydrogen-bond acceptors (Lipinski definition) is 5. The van der Waals surface area contributed by atoms with Gasteiger partial charge in [0.05, 0.1) is 23.7 Å². The minimum Gasteiger partial charge on any atom is -0.497 e. The summed E-state index contributed by atoms with van der Waals surface area (Å²) in [6, 6.07) is 17.7. The normalized spacial score (nSPS) is 11.0. The van der Waals surface area contributed by atoms with Gasteiger partial charge in [-0.05, 0) is 42.0 Å². The Kier molecular flexibility index (Phi) is 4.02. The summed E-state index contributed by atoms with van der Waals surface area (Å²) in [5.41, 5.74) is 16.5. The van der Waals surface area contributed by atoms with Gasteiger partial charge in [0.15, 0.2) is 0 Å². The van der Waals surface area contributed by atoms with Gasteiger partial charge >= 0.3 is 0 Å². The van der Waals surface area contributed by atoms with Crippen LogP contribution in [0.15, 0.2) is 60.8 Å². The molecule has 0 amide bonds. The number of ether oxygens (including phenoxy) is 1. The van der Waals surface area contributed by atoms with E-state index in [-0.39, 0.29) is 0 Å². The fourth-order valence-electron chi connectivity index (χ4n) is 3.01. The quantitative estimate of drug-likeness (QED) is 0.593. The Morgan fingerprint density at radius 3 is 2.58 bits per heavy atom. The lowest BCUT2D eigenvalue weighted by Crippen LogP contribution is -2.02. The summed E-state index contributed by atoms with van der Waals surface area (Å²) in [6.45, 7) is 0.501. The molecule has 26 heavy (non-hydrogen) atoms. The van der Waals surface area contributed by atoms with Gasteiger partial charge in [-0.3, -0.25) is 4.57 Å². The molecule has 6 nitrogen and oxygen atoms in total. The van der Waals surface area contributed by atoms with E-state index in [1.165, 1.54) is 0 Å². The molecule has 0 spiro atoms. The molecule has 4 N–H and O–H groups in total. The first-order valence-corrected chi connectivity index (χ1v) is 8.28. The molecule has 0 aliphatic carbocycles. The van der Waals surface area contributed by atoms with Crippen molar-refractivity contribution < 1.29 is 4.74 Å². The SMILES string of the molecule is COc1ccc2nc(-c3cccnc3N)n(-c3ccc(CN)cc3)c2c1. The third-order valence-corrected chi connectivity index (χ3v) is 4.37. The molecule has 0 aliphatic heterocycles. The zero-order chi connectivity index (χ0) is 18.1. The molecule has 0 aliphatic rings. The first kappa shape index (κ1) is 16.1. The van der Waals surface area contributed by atoms with Crippen LogP contribution < -0.4 is 16.2 Å². The largest absolute Gasteiger partial charge is 0.497 e. The van der Waals surface area contributed by atoms with Crippen molar-refractivity contribution in [1.82, 2.24) is 14.5 Å². The highest BCUT2D eigenvalue weighted by molar-refractivity contribution is 5.86. The summed E-state index contributed by atoms with van der Waals surface area (Å²) in [7, 11) is 1.65.